The van der Waals surface area contributed by atoms with E-state index < -0.39 is 7.00 Å². The molecule has 0 aliphatic carbocycles. The molecule has 0 aromatic heterocycles. The Hall–Kier alpha value is 0.580. The fraction of sp³-hybridized carbons (Fsp3) is 1.00. The summed E-state index contributed by atoms with van der Waals surface area (Å²) in [5, 5.41) is 0. The summed E-state index contributed by atoms with van der Waals surface area (Å²) in [5.74, 6) is 0. The standard InChI is InChI=1S/C5H13OPS/c1-2-3-4-5-7(6)8/h7H,2-5H2,1H3,(H,6,8). The summed E-state index contributed by atoms with van der Waals surface area (Å²) in [6, 6.07) is 0. The Labute approximate surface area is 56.8 Å². The second kappa shape index (κ2) is 5.71. The molecular weight excluding hydrogens is 139 g/mol. The van der Waals surface area contributed by atoms with E-state index in [0.717, 1.165) is 12.6 Å². The average Bonchev–Trinajstić information content (AvgIpc) is 1.66. The van der Waals surface area contributed by atoms with Crippen LogP contribution in [-0.2, 0) is 4.57 Å². The van der Waals surface area contributed by atoms with Crippen molar-refractivity contribution in [2.24, 2.45) is 0 Å². The number of unbranched alkanes of at least 4 members (excludes halogenated alkanes) is 2. The van der Waals surface area contributed by atoms with Crippen LogP contribution in [-0.4, -0.2) is 6.16 Å². The Morgan fingerprint density at radius 2 is 2.12 bits per heavy atom. The van der Waals surface area contributed by atoms with Crippen LogP contribution in [0.4, 0.5) is 0 Å². The van der Waals surface area contributed by atoms with Crippen molar-refractivity contribution in [2.45, 2.75) is 26.2 Å². The second-order valence-electron chi connectivity index (χ2n) is 1.85. The van der Waals surface area contributed by atoms with Gasteiger partial charge in [0.25, 0.3) is 0 Å². The molecule has 0 radical (unpaired) electrons. The van der Waals surface area contributed by atoms with E-state index in [2.05, 4.69) is 19.2 Å². The lowest BCUT2D eigenvalue weighted by Gasteiger charge is -1.91. The molecule has 1 nitrogen and oxygen atoms in total. The summed E-state index contributed by atoms with van der Waals surface area (Å²) in [6.45, 7) is 2.13. The van der Waals surface area contributed by atoms with Gasteiger partial charge in [0.2, 0.25) is 0 Å². The van der Waals surface area contributed by atoms with Crippen LogP contribution in [0.15, 0.2) is 0 Å². The van der Waals surface area contributed by atoms with Crippen LogP contribution in [0.25, 0.3) is 0 Å². The van der Waals surface area contributed by atoms with Crippen molar-refractivity contribution < 1.29 is 4.57 Å². The van der Waals surface area contributed by atoms with Gasteiger partial charge in [-0.05, 0) is 6.42 Å². The minimum absolute atomic E-state index is 0.821. The molecule has 1 atom stereocenters. The molecule has 0 aromatic rings. The highest BCUT2D eigenvalue weighted by Gasteiger charge is 1.88. The third-order valence-electron chi connectivity index (χ3n) is 0.994. The average molecular weight is 152 g/mol. The van der Waals surface area contributed by atoms with E-state index in [-0.39, 0.29) is 0 Å². The molecule has 0 fully saturated rings. The largest absolute Gasteiger partial charge is 0.316 e. The molecule has 0 amide bonds. The number of rotatable bonds is 4. The van der Waals surface area contributed by atoms with E-state index >= 15 is 0 Å². The van der Waals surface area contributed by atoms with Gasteiger partial charge in [0.1, 0.15) is 7.00 Å². The van der Waals surface area contributed by atoms with Gasteiger partial charge in [0, 0.05) is 6.16 Å². The first-order valence-corrected chi connectivity index (χ1v) is 5.89. The maximum absolute atomic E-state index is 10.4. The molecule has 0 saturated heterocycles. The first-order chi connectivity index (χ1) is 3.77. The lowest BCUT2D eigenvalue weighted by molar-refractivity contribution is 0.594. The van der Waals surface area contributed by atoms with Crippen LogP contribution < -0.4 is 0 Å². The highest BCUT2D eigenvalue weighted by Crippen LogP contribution is 2.26. The molecule has 8 heavy (non-hydrogen) atoms. The van der Waals surface area contributed by atoms with Gasteiger partial charge in [-0.1, -0.05) is 19.8 Å². The van der Waals surface area contributed by atoms with Crippen molar-refractivity contribution in [1.29, 1.82) is 0 Å². The van der Waals surface area contributed by atoms with Gasteiger partial charge in [-0.15, -0.1) is 12.2 Å². The Balaban J connectivity index is 2.82. The van der Waals surface area contributed by atoms with Crippen LogP contribution in [0, 0.1) is 0 Å². The van der Waals surface area contributed by atoms with E-state index in [1.54, 1.807) is 0 Å². The Morgan fingerprint density at radius 3 is 2.50 bits per heavy atom. The van der Waals surface area contributed by atoms with E-state index in [1.165, 1.54) is 12.8 Å². The Morgan fingerprint density at radius 1 is 1.50 bits per heavy atom. The first-order valence-electron chi connectivity index (χ1n) is 2.99. The lowest BCUT2D eigenvalue weighted by Crippen LogP contribution is -1.74. The molecule has 0 aliphatic rings. The zero-order chi connectivity index (χ0) is 6.41. The predicted octanol–water partition coefficient (Wildman–Crippen LogP) is 2.58. The zero-order valence-electron chi connectivity index (χ0n) is 5.18. The zero-order valence-corrected chi connectivity index (χ0v) is 7.08. The molecule has 0 rings (SSSR count). The monoisotopic (exact) mass is 152 g/mol. The highest BCUT2D eigenvalue weighted by atomic mass is 32.7. The molecule has 0 N–H and O–H groups in total. The summed E-state index contributed by atoms with van der Waals surface area (Å²) in [7, 11) is -1.46. The fourth-order valence-corrected chi connectivity index (χ4v) is 1.55. The first kappa shape index (κ1) is 8.58. The maximum Gasteiger partial charge on any atom is 0.124 e. The predicted molar refractivity (Wildman–Crippen MR) is 42.4 cm³/mol. The molecule has 50 valence electrons. The fourth-order valence-electron chi connectivity index (χ4n) is 0.526. The normalized spacial score (nSPS) is 13.8. The SMILES string of the molecule is CCCCC[PH](=O)S. The van der Waals surface area contributed by atoms with Crippen LogP contribution in [0.5, 0.6) is 0 Å². The van der Waals surface area contributed by atoms with Crippen LogP contribution in [0.1, 0.15) is 26.2 Å². The molecule has 0 heterocycles. The number of hydrogen-bond donors (Lipinski definition) is 1. The van der Waals surface area contributed by atoms with Crippen LogP contribution in [0.2, 0.25) is 0 Å². The van der Waals surface area contributed by atoms with E-state index in [0.29, 0.717) is 0 Å². The van der Waals surface area contributed by atoms with Crippen LogP contribution in [0.3, 0.4) is 0 Å². The minimum atomic E-state index is -1.46. The molecule has 1 unspecified atom stereocenters. The van der Waals surface area contributed by atoms with Gasteiger partial charge in [0.05, 0.1) is 0 Å². The van der Waals surface area contributed by atoms with Crippen molar-refractivity contribution >= 4 is 19.3 Å². The van der Waals surface area contributed by atoms with Gasteiger partial charge in [-0.2, -0.15) is 0 Å². The van der Waals surface area contributed by atoms with Crippen molar-refractivity contribution in [3.63, 3.8) is 0 Å². The molecule has 3 heteroatoms. The summed E-state index contributed by atoms with van der Waals surface area (Å²) in [5.41, 5.74) is 0. The van der Waals surface area contributed by atoms with Crippen molar-refractivity contribution in [1.82, 2.24) is 0 Å². The van der Waals surface area contributed by atoms with Crippen molar-refractivity contribution in [3.05, 3.63) is 0 Å². The smallest absolute Gasteiger partial charge is 0.124 e. The quantitative estimate of drug-likeness (QED) is 0.372. The summed E-state index contributed by atoms with van der Waals surface area (Å²) in [4.78, 5) is 0. The van der Waals surface area contributed by atoms with E-state index in [1.807, 2.05) is 0 Å². The van der Waals surface area contributed by atoms with Crippen molar-refractivity contribution in [3.8, 4) is 0 Å². The Bertz CT molecular complexity index is 74.8. The lowest BCUT2D eigenvalue weighted by atomic mass is 10.3. The maximum atomic E-state index is 10.4. The van der Waals surface area contributed by atoms with Gasteiger partial charge in [0.15, 0.2) is 0 Å². The number of hydrogen-bond acceptors (Lipinski definition) is 1. The van der Waals surface area contributed by atoms with Crippen LogP contribution >= 0.6 is 19.3 Å². The van der Waals surface area contributed by atoms with Gasteiger partial charge in [-0.25, -0.2) is 0 Å². The molecule has 0 spiro atoms. The Kier molecular flexibility index (Phi) is 6.13. The summed E-state index contributed by atoms with van der Waals surface area (Å²) < 4.78 is 10.4. The summed E-state index contributed by atoms with van der Waals surface area (Å²) >= 11 is 3.82. The topological polar surface area (TPSA) is 17.1 Å². The third-order valence-corrected chi connectivity index (χ3v) is 2.45. The summed E-state index contributed by atoms with van der Waals surface area (Å²) in [6.07, 6.45) is 4.29. The molecular formula is C5H13OPS. The van der Waals surface area contributed by atoms with Gasteiger partial charge >= 0.3 is 0 Å². The third kappa shape index (κ3) is 6.58. The van der Waals surface area contributed by atoms with Crippen molar-refractivity contribution in [2.75, 3.05) is 6.16 Å². The minimum Gasteiger partial charge on any atom is -0.316 e. The molecule has 0 aromatic carbocycles. The van der Waals surface area contributed by atoms with E-state index in [9.17, 15) is 4.57 Å². The van der Waals surface area contributed by atoms with Gasteiger partial charge < -0.3 is 4.57 Å². The second-order valence-corrected chi connectivity index (χ2v) is 4.63. The van der Waals surface area contributed by atoms with Gasteiger partial charge in [-0.3, -0.25) is 0 Å². The number of thiol groups is 1. The highest BCUT2D eigenvalue weighted by molar-refractivity contribution is 8.40. The molecule has 0 saturated carbocycles. The van der Waals surface area contributed by atoms with E-state index in [4.69, 9.17) is 0 Å². The molecule has 0 bridgehead atoms. The molecule has 0 aliphatic heterocycles.